The van der Waals surface area contributed by atoms with Crippen molar-refractivity contribution in [3.8, 4) is 0 Å². The molecule has 0 saturated carbocycles. The first-order valence-electron chi connectivity index (χ1n) is 12.0. The number of anilines is 1. The number of rotatable bonds is 5. The smallest absolute Gasteiger partial charge is 0.416 e. The van der Waals surface area contributed by atoms with E-state index in [4.69, 9.17) is 9.47 Å². The molecule has 4 rings (SSSR count). The largest absolute Gasteiger partial charge is 0.450 e. The lowest BCUT2D eigenvalue weighted by Gasteiger charge is -2.47. The summed E-state index contributed by atoms with van der Waals surface area (Å²) < 4.78 is 11.2. The quantitative estimate of drug-likeness (QED) is 0.687. The highest BCUT2D eigenvalue weighted by molar-refractivity contribution is 5.90. The van der Waals surface area contributed by atoms with Crippen LogP contribution >= 0.6 is 0 Å². The Labute approximate surface area is 190 Å². The standard InChI is InChI=1S/C24H36N4O4/c1-4-31-22(29)27-12-7-19(8-13-27)17-26-14-9-24(10-15-26)20-6-5-11-25-21(20)28(16-18(2)3)23(30)32-24/h5-6,11,18-19H,4,7-10,12-17H2,1-3H3. The molecule has 0 aromatic carbocycles. The molecule has 2 amide bonds. The van der Waals surface area contributed by atoms with E-state index in [1.807, 2.05) is 17.9 Å². The number of hydrogen-bond donors (Lipinski definition) is 0. The monoisotopic (exact) mass is 444 g/mol. The Bertz CT molecular complexity index is 814. The lowest BCUT2D eigenvalue weighted by molar-refractivity contribution is -0.0461. The molecule has 1 aromatic heterocycles. The van der Waals surface area contributed by atoms with E-state index in [-0.39, 0.29) is 12.2 Å². The Balaban J connectivity index is 1.36. The minimum atomic E-state index is -0.571. The van der Waals surface area contributed by atoms with Gasteiger partial charge in [-0.2, -0.15) is 0 Å². The van der Waals surface area contributed by atoms with Gasteiger partial charge in [0.25, 0.3) is 0 Å². The summed E-state index contributed by atoms with van der Waals surface area (Å²) in [5.74, 6) is 1.68. The van der Waals surface area contributed by atoms with Gasteiger partial charge in [0.2, 0.25) is 0 Å². The van der Waals surface area contributed by atoms with Gasteiger partial charge < -0.3 is 19.3 Å². The summed E-state index contributed by atoms with van der Waals surface area (Å²) >= 11 is 0. The van der Waals surface area contributed by atoms with Crippen LogP contribution in [0.1, 0.15) is 52.0 Å². The maximum absolute atomic E-state index is 12.9. The highest BCUT2D eigenvalue weighted by atomic mass is 16.6. The normalized spacial score (nSPS) is 21.6. The van der Waals surface area contributed by atoms with Crippen LogP contribution in [-0.2, 0) is 15.1 Å². The molecule has 2 saturated heterocycles. The van der Waals surface area contributed by atoms with Gasteiger partial charge in [-0.1, -0.05) is 13.8 Å². The van der Waals surface area contributed by atoms with Crippen LogP contribution in [0.15, 0.2) is 18.3 Å². The number of carbonyl (C=O) groups is 2. The molecule has 32 heavy (non-hydrogen) atoms. The van der Waals surface area contributed by atoms with Gasteiger partial charge in [0.05, 0.1) is 6.61 Å². The predicted octanol–water partition coefficient (Wildman–Crippen LogP) is 3.85. The lowest BCUT2D eigenvalue weighted by atomic mass is 9.82. The summed E-state index contributed by atoms with van der Waals surface area (Å²) in [5, 5.41) is 0. The van der Waals surface area contributed by atoms with E-state index in [0.717, 1.165) is 69.8 Å². The number of nitrogens with zero attached hydrogens (tertiary/aromatic N) is 4. The molecule has 0 bridgehead atoms. The third-order valence-corrected chi connectivity index (χ3v) is 6.90. The summed E-state index contributed by atoms with van der Waals surface area (Å²) in [6.07, 6.45) is 4.88. The molecule has 3 aliphatic heterocycles. The second-order valence-electron chi connectivity index (χ2n) is 9.67. The van der Waals surface area contributed by atoms with Crippen LogP contribution in [0.5, 0.6) is 0 Å². The van der Waals surface area contributed by atoms with Crippen molar-refractivity contribution < 1.29 is 19.1 Å². The molecule has 1 aromatic rings. The number of fused-ring (bicyclic) bond motifs is 2. The number of piperidine rings is 2. The first-order valence-corrected chi connectivity index (χ1v) is 12.0. The van der Waals surface area contributed by atoms with Crippen LogP contribution in [0.25, 0.3) is 0 Å². The van der Waals surface area contributed by atoms with E-state index < -0.39 is 5.60 Å². The van der Waals surface area contributed by atoms with E-state index in [1.54, 1.807) is 11.1 Å². The van der Waals surface area contributed by atoms with Crippen LogP contribution in [0, 0.1) is 11.8 Å². The summed E-state index contributed by atoms with van der Waals surface area (Å²) in [4.78, 5) is 35.4. The number of hydrogen-bond acceptors (Lipinski definition) is 6. The van der Waals surface area contributed by atoms with Gasteiger partial charge in [0.15, 0.2) is 0 Å². The number of pyridine rings is 1. The van der Waals surface area contributed by atoms with E-state index in [1.165, 1.54) is 0 Å². The Morgan fingerprint density at radius 2 is 1.97 bits per heavy atom. The summed E-state index contributed by atoms with van der Waals surface area (Å²) in [5.41, 5.74) is 0.473. The first-order chi connectivity index (χ1) is 15.4. The zero-order valence-corrected chi connectivity index (χ0v) is 19.6. The van der Waals surface area contributed by atoms with Gasteiger partial charge in [0, 0.05) is 63.9 Å². The highest BCUT2D eigenvalue weighted by Crippen LogP contribution is 2.45. The van der Waals surface area contributed by atoms with Gasteiger partial charge in [-0.3, -0.25) is 4.90 Å². The molecule has 2 fully saturated rings. The van der Waals surface area contributed by atoms with Crippen molar-refractivity contribution in [2.24, 2.45) is 11.8 Å². The minimum Gasteiger partial charge on any atom is -0.450 e. The van der Waals surface area contributed by atoms with E-state index >= 15 is 0 Å². The molecule has 176 valence electrons. The van der Waals surface area contributed by atoms with E-state index in [0.29, 0.717) is 25.0 Å². The molecular weight excluding hydrogens is 408 g/mol. The minimum absolute atomic E-state index is 0.191. The Morgan fingerprint density at radius 1 is 1.25 bits per heavy atom. The Morgan fingerprint density at radius 3 is 2.62 bits per heavy atom. The average molecular weight is 445 g/mol. The summed E-state index contributed by atoms with van der Waals surface area (Å²) in [7, 11) is 0. The third-order valence-electron chi connectivity index (χ3n) is 6.90. The van der Waals surface area contributed by atoms with Gasteiger partial charge in [-0.15, -0.1) is 0 Å². The highest BCUT2D eigenvalue weighted by Gasteiger charge is 2.47. The van der Waals surface area contributed by atoms with Crippen molar-refractivity contribution in [2.75, 3.05) is 50.8 Å². The van der Waals surface area contributed by atoms with Crippen molar-refractivity contribution >= 4 is 18.0 Å². The zero-order chi connectivity index (χ0) is 22.7. The van der Waals surface area contributed by atoms with E-state index in [9.17, 15) is 9.59 Å². The third kappa shape index (κ3) is 4.70. The van der Waals surface area contributed by atoms with Crippen molar-refractivity contribution in [3.05, 3.63) is 23.9 Å². The fourth-order valence-electron chi connectivity index (χ4n) is 5.20. The van der Waals surface area contributed by atoms with Gasteiger partial charge in [-0.25, -0.2) is 14.6 Å². The second-order valence-corrected chi connectivity index (χ2v) is 9.67. The Kier molecular flexibility index (Phi) is 6.88. The zero-order valence-electron chi connectivity index (χ0n) is 19.6. The molecule has 0 unspecified atom stereocenters. The van der Waals surface area contributed by atoms with Crippen LogP contribution in [0.3, 0.4) is 0 Å². The van der Waals surface area contributed by atoms with E-state index in [2.05, 4.69) is 29.8 Å². The van der Waals surface area contributed by atoms with Crippen LogP contribution in [-0.4, -0.2) is 72.8 Å². The molecule has 8 heteroatoms. The molecule has 3 aliphatic rings. The van der Waals surface area contributed by atoms with Gasteiger partial charge >= 0.3 is 12.2 Å². The summed E-state index contributed by atoms with van der Waals surface area (Å²) in [6, 6.07) is 4.01. The van der Waals surface area contributed by atoms with Crippen molar-refractivity contribution in [2.45, 2.75) is 52.1 Å². The topological polar surface area (TPSA) is 75.2 Å². The molecule has 0 aliphatic carbocycles. The number of ether oxygens (including phenoxy) is 2. The molecule has 4 heterocycles. The van der Waals surface area contributed by atoms with Crippen LogP contribution in [0.4, 0.5) is 15.4 Å². The molecule has 0 N–H and O–H groups in total. The number of carbonyl (C=O) groups excluding carboxylic acids is 2. The molecule has 0 radical (unpaired) electrons. The number of likely N-dealkylation sites (tertiary alicyclic amines) is 2. The predicted molar refractivity (Wildman–Crippen MR) is 122 cm³/mol. The fraction of sp³-hybridized carbons (Fsp3) is 0.708. The Hall–Kier alpha value is -2.35. The molecule has 0 atom stereocenters. The number of aromatic nitrogens is 1. The molecule has 1 spiro atoms. The summed E-state index contributed by atoms with van der Waals surface area (Å²) in [6.45, 7) is 11.4. The molecule has 8 nitrogen and oxygen atoms in total. The first kappa shape index (κ1) is 22.8. The van der Waals surface area contributed by atoms with Gasteiger partial charge in [-0.05, 0) is 43.7 Å². The van der Waals surface area contributed by atoms with Crippen molar-refractivity contribution in [1.29, 1.82) is 0 Å². The maximum atomic E-state index is 12.9. The van der Waals surface area contributed by atoms with Crippen LogP contribution in [0.2, 0.25) is 0 Å². The van der Waals surface area contributed by atoms with Crippen molar-refractivity contribution in [3.63, 3.8) is 0 Å². The SMILES string of the molecule is CCOC(=O)N1CCC(CN2CCC3(CC2)OC(=O)N(CC(C)C)c2ncccc23)CC1. The second kappa shape index (κ2) is 9.65. The van der Waals surface area contributed by atoms with Crippen LogP contribution < -0.4 is 4.90 Å². The van der Waals surface area contributed by atoms with Gasteiger partial charge in [0.1, 0.15) is 11.4 Å². The number of amides is 2. The molecular formula is C24H36N4O4. The average Bonchev–Trinajstić information content (AvgIpc) is 2.79. The lowest BCUT2D eigenvalue weighted by Crippen LogP contribution is -2.53. The van der Waals surface area contributed by atoms with Crippen molar-refractivity contribution in [1.82, 2.24) is 14.8 Å². The maximum Gasteiger partial charge on any atom is 0.416 e. The fourth-order valence-corrected chi connectivity index (χ4v) is 5.20.